The Hall–Kier alpha value is -3.20. The van der Waals surface area contributed by atoms with Crippen LogP contribution in [0.1, 0.15) is 0 Å². The van der Waals surface area contributed by atoms with Gasteiger partial charge in [0.05, 0.1) is 39.7 Å². The van der Waals surface area contributed by atoms with E-state index < -0.39 is 0 Å². The molecule has 1 aromatic heterocycles. The van der Waals surface area contributed by atoms with Crippen molar-refractivity contribution >= 4 is 12.2 Å². The second-order valence-electron chi connectivity index (χ2n) is 5.45. The fraction of sp³-hybridized carbons (Fsp3) is 0.222. The molecule has 3 rings (SSSR count). The average molecular weight is 389 g/mol. The molecule has 8 nitrogen and oxygen atoms in total. The summed E-state index contributed by atoms with van der Waals surface area (Å²) in [7, 11) is 6.13. The topological polar surface area (TPSA) is 90.8 Å². The number of aromatic hydroxyl groups is 1. The number of H-pyrrole nitrogens is 1. The monoisotopic (exact) mass is 389 g/mol. The van der Waals surface area contributed by atoms with E-state index in [-0.39, 0.29) is 5.75 Å². The summed E-state index contributed by atoms with van der Waals surface area (Å²) in [6, 6.07) is 8.43. The minimum absolute atomic E-state index is 0.0111. The van der Waals surface area contributed by atoms with Gasteiger partial charge in [0.25, 0.3) is 0 Å². The molecule has 0 fully saturated rings. The lowest BCUT2D eigenvalue weighted by molar-refractivity contribution is 0.324. The van der Waals surface area contributed by atoms with Crippen LogP contribution >= 0.6 is 12.2 Å². The lowest BCUT2D eigenvalue weighted by atomic mass is 10.1. The van der Waals surface area contributed by atoms with Crippen LogP contribution in [0.4, 0.5) is 0 Å². The van der Waals surface area contributed by atoms with Crippen molar-refractivity contribution in [3.8, 4) is 45.8 Å². The Kier molecular flexibility index (Phi) is 5.22. The van der Waals surface area contributed by atoms with Crippen molar-refractivity contribution in [3.63, 3.8) is 0 Å². The van der Waals surface area contributed by atoms with Gasteiger partial charge in [-0.1, -0.05) is 0 Å². The fourth-order valence-corrected chi connectivity index (χ4v) is 2.98. The van der Waals surface area contributed by atoms with Crippen molar-refractivity contribution < 1.29 is 24.1 Å². The van der Waals surface area contributed by atoms with Crippen LogP contribution in [-0.4, -0.2) is 48.3 Å². The number of rotatable bonds is 6. The number of benzene rings is 2. The molecule has 142 valence electrons. The molecule has 0 saturated heterocycles. The quantitative estimate of drug-likeness (QED) is 0.625. The SMILES string of the molecule is COc1ccc(-c2n[nH]c(=S)n2-c2cc(OC)c(OC)c(OC)c2)c(O)c1. The van der Waals surface area contributed by atoms with E-state index in [9.17, 15) is 5.11 Å². The van der Waals surface area contributed by atoms with E-state index in [1.165, 1.54) is 34.5 Å². The number of ether oxygens (including phenoxy) is 4. The summed E-state index contributed by atoms with van der Waals surface area (Å²) in [5.41, 5.74) is 1.12. The number of aromatic nitrogens is 3. The Balaban J connectivity index is 2.23. The van der Waals surface area contributed by atoms with Crippen LogP contribution < -0.4 is 18.9 Å². The van der Waals surface area contributed by atoms with Gasteiger partial charge in [-0.15, -0.1) is 0 Å². The number of nitrogens with one attached hydrogen (secondary N) is 1. The summed E-state index contributed by atoms with van der Waals surface area (Å²) in [6.07, 6.45) is 0. The molecular weight excluding hydrogens is 370 g/mol. The van der Waals surface area contributed by atoms with Crippen LogP contribution in [-0.2, 0) is 0 Å². The van der Waals surface area contributed by atoms with Crippen molar-refractivity contribution in [1.29, 1.82) is 0 Å². The highest BCUT2D eigenvalue weighted by atomic mass is 32.1. The largest absolute Gasteiger partial charge is 0.507 e. The molecule has 2 aromatic carbocycles. The van der Waals surface area contributed by atoms with Gasteiger partial charge in [-0.3, -0.25) is 9.67 Å². The Morgan fingerprint density at radius 2 is 1.63 bits per heavy atom. The first-order chi connectivity index (χ1) is 13.0. The normalized spacial score (nSPS) is 10.5. The second kappa shape index (κ2) is 7.58. The van der Waals surface area contributed by atoms with Gasteiger partial charge in [0.15, 0.2) is 22.1 Å². The van der Waals surface area contributed by atoms with Crippen molar-refractivity contribution in [2.45, 2.75) is 0 Å². The molecule has 0 unspecified atom stereocenters. The van der Waals surface area contributed by atoms with Crippen molar-refractivity contribution in [3.05, 3.63) is 35.1 Å². The maximum atomic E-state index is 10.4. The van der Waals surface area contributed by atoms with Crippen LogP contribution in [0.25, 0.3) is 17.1 Å². The molecule has 0 atom stereocenters. The second-order valence-corrected chi connectivity index (χ2v) is 5.84. The Bertz CT molecular complexity index is 1000. The number of nitrogens with zero attached hydrogens (tertiary/aromatic N) is 2. The third-order valence-corrected chi connectivity index (χ3v) is 4.30. The lowest BCUT2D eigenvalue weighted by Gasteiger charge is -2.15. The maximum Gasteiger partial charge on any atom is 0.203 e. The molecule has 0 amide bonds. The highest BCUT2D eigenvalue weighted by Crippen LogP contribution is 2.40. The van der Waals surface area contributed by atoms with Gasteiger partial charge < -0.3 is 24.1 Å². The molecule has 0 spiro atoms. The predicted octanol–water partition coefficient (Wildman–Crippen LogP) is 3.34. The minimum Gasteiger partial charge on any atom is -0.507 e. The number of methoxy groups -OCH3 is 4. The zero-order valence-corrected chi connectivity index (χ0v) is 16.1. The van der Waals surface area contributed by atoms with Gasteiger partial charge in [-0.05, 0) is 24.4 Å². The summed E-state index contributed by atoms with van der Waals surface area (Å²) < 4.78 is 23.3. The first-order valence-electron chi connectivity index (χ1n) is 7.89. The molecule has 0 aliphatic carbocycles. The zero-order valence-electron chi connectivity index (χ0n) is 15.3. The van der Waals surface area contributed by atoms with Crippen LogP contribution in [0, 0.1) is 4.77 Å². The first kappa shape index (κ1) is 18.6. The molecule has 0 bridgehead atoms. The van der Waals surface area contributed by atoms with Crippen molar-refractivity contribution in [2.75, 3.05) is 28.4 Å². The van der Waals surface area contributed by atoms with Gasteiger partial charge >= 0.3 is 0 Å². The van der Waals surface area contributed by atoms with E-state index in [0.29, 0.717) is 44.8 Å². The van der Waals surface area contributed by atoms with Crippen LogP contribution in [0.15, 0.2) is 30.3 Å². The molecule has 0 aliphatic heterocycles. The number of aromatic amines is 1. The molecule has 3 aromatic rings. The standard InChI is InChI=1S/C18H19N3O5S/c1-23-11-5-6-12(13(22)9-11)17-19-20-18(27)21(17)10-7-14(24-2)16(26-4)15(8-10)25-3/h5-9,22H,1-4H3,(H,20,27). The Labute approximate surface area is 160 Å². The molecular formula is C18H19N3O5S. The third kappa shape index (κ3) is 3.28. The lowest BCUT2D eigenvalue weighted by Crippen LogP contribution is -2.02. The van der Waals surface area contributed by atoms with Crippen LogP contribution in [0.5, 0.6) is 28.7 Å². The molecule has 0 radical (unpaired) electrons. The van der Waals surface area contributed by atoms with Crippen molar-refractivity contribution in [1.82, 2.24) is 14.8 Å². The molecule has 0 saturated carbocycles. The number of phenols is 1. The van der Waals surface area contributed by atoms with E-state index >= 15 is 0 Å². The van der Waals surface area contributed by atoms with E-state index in [1.54, 1.807) is 28.8 Å². The fourth-order valence-electron chi connectivity index (χ4n) is 2.74. The van der Waals surface area contributed by atoms with Crippen LogP contribution in [0.2, 0.25) is 0 Å². The smallest absolute Gasteiger partial charge is 0.203 e. The predicted molar refractivity (Wildman–Crippen MR) is 102 cm³/mol. The highest BCUT2D eigenvalue weighted by molar-refractivity contribution is 7.71. The molecule has 1 heterocycles. The number of phenolic OH excluding ortho intramolecular Hbond substituents is 1. The third-order valence-electron chi connectivity index (χ3n) is 4.03. The summed E-state index contributed by atoms with van der Waals surface area (Å²) in [5.74, 6) is 2.38. The molecule has 0 aliphatic rings. The van der Waals surface area contributed by atoms with Gasteiger partial charge in [0.1, 0.15) is 11.5 Å². The van der Waals surface area contributed by atoms with Gasteiger partial charge in [0, 0.05) is 18.2 Å². The van der Waals surface area contributed by atoms with Gasteiger partial charge in [-0.25, -0.2) is 0 Å². The molecule has 27 heavy (non-hydrogen) atoms. The van der Waals surface area contributed by atoms with E-state index in [0.717, 1.165) is 0 Å². The summed E-state index contributed by atoms with van der Waals surface area (Å²) in [6.45, 7) is 0. The van der Waals surface area contributed by atoms with Crippen molar-refractivity contribution in [2.24, 2.45) is 0 Å². The summed E-state index contributed by atoms with van der Waals surface area (Å²) in [4.78, 5) is 0. The molecule has 2 N–H and O–H groups in total. The summed E-state index contributed by atoms with van der Waals surface area (Å²) >= 11 is 5.39. The Morgan fingerprint density at radius 1 is 0.963 bits per heavy atom. The number of hydrogen-bond acceptors (Lipinski definition) is 7. The van der Waals surface area contributed by atoms with Gasteiger partial charge in [-0.2, -0.15) is 5.10 Å². The van der Waals surface area contributed by atoms with E-state index in [4.69, 9.17) is 31.2 Å². The summed E-state index contributed by atoms with van der Waals surface area (Å²) in [5, 5.41) is 17.4. The minimum atomic E-state index is 0.0111. The number of hydrogen-bond donors (Lipinski definition) is 2. The molecule has 9 heteroatoms. The average Bonchev–Trinajstić information content (AvgIpc) is 3.07. The zero-order chi connectivity index (χ0) is 19.6. The first-order valence-corrected chi connectivity index (χ1v) is 8.30. The maximum absolute atomic E-state index is 10.4. The van der Waals surface area contributed by atoms with Crippen LogP contribution in [0.3, 0.4) is 0 Å². The van der Waals surface area contributed by atoms with E-state index in [1.807, 2.05) is 0 Å². The van der Waals surface area contributed by atoms with E-state index in [2.05, 4.69) is 10.2 Å². The highest BCUT2D eigenvalue weighted by Gasteiger charge is 2.19. The van der Waals surface area contributed by atoms with Gasteiger partial charge in [0.2, 0.25) is 5.75 Å². The Morgan fingerprint density at radius 3 is 2.15 bits per heavy atom.